The van der Waals surface area contributed by atoms with E-state index < -0.39 is 16.8 Å². The molecule has 1 unspecified atom stereocenters. The van der Waals surface area contributed by atoms with Crippen molar-refractivity contribution in [1.82, 2.24) is 15.2 Å². The van der Waals surface area contributed by atoms with E-state index in [0.29, 0.717) is 11.6 Å². The number of aromatic nitrogens is 3. The molecule has 7 nitrogen and oxygen atoms in total. The molecule has 0 saturated heterocycles. The Bertz CT molecular complexity index is 866. The second-order valence-corrected chi connectivity index (χ2v) is 5.19. The number of nitro groups is 1. The largest absolute Gasteiger partial charge is 0.369 e. The first-order valence-corrected chi connectivity index (χ1v) is 7.19. The predicted octanol–water partition coefficient (Wildman–Crippen LogP) is 3.36. The van der Waals surface area contributed by atoms with Crippen LogP contribution in [0.3, 0.4) is 0 Å². The second-order valence-electron chi connectivity index (χ2n) is 5.19. The lowest BCUT2D eigenvalue weighted by molar-refractivity contribution is -0.385. The summed E-state index contributed by atoms with van der Waals surface area (Å²) in [6.07, 6.45) is 0. The molecule has 1 atom stereocenters. The first-order valence-electron chi connectivity index (χ1n) is 7.19. The van der Waals surface area contributed by atoms with Gasteiger partial charge in [0.05, 0.1) is 16.7 Å². The van der Waals surface area contributed by atoms with Crippen molar-refractivity contribution in [2.24, 2.45) is 0 Å². The minimum Gasteiger partial charge on any atom is -0.369 e. The quantitative estimate of drug-likeness (QED) is 0.553. The van der Waals surface area contributed by atoms with Crippen molar-refractivity contribution < 1.29 is 9.31 Å². The smallest absolute Gasteiger partial charge is 0.272 e. The molecule has 0 saturated carbocycles. The molecular formula is C16H14FN5O2. The molecule has 2 aromatic carbocycles. The fraction of sp³-hybridized carbons (Fsp3) is 0.125. The molecule has 1 aromatic heterocycles. The Kier molecular flexibility index (Phi) is 4.19. The van der Waals surface area contributed by atoms with Gasteiger partial charge in [-0.15, -0.1) is 0 Å². The van der Waals surface area contributed by atoms with Crippen LogP contribution < -0.4 is 5.32 Å². The molecule has 3 aromatic rings. The molecule has 0 fully saturated rings. The van der Waals surface area contributed by atoms with Crippen molar-refractivity contribution in [3.63, 3.8) is 0 Å². The lowest BCUT2D eigenvalue weighted by Gasteiger charge is -2.18. The van der Waals surface area contributed by atoms with Crippen molar-refractivity contribution in [2.75, 3.05) is 5.32 Å². The molecule has 24 heavy (non-hydrogen) atoms. The van der Waals surface area contributed by atoms with Gasteiger partial charge >= 0.3 is 0 Å². The maximum Gasteiger partial charge on any atom is 0.272 e. The summed E-state index contributed by atoms with van der Waals surface area (Å²) in [6, 6.07) is 12.3. The van der Waals surface area contributed by atoms with E-state index >= 15 is 0 Å². The Labute approximate surface area is 136 Å². The van der Waals surface area contributed by atoms with E-state index in [2.05, 4.69) is 20.5 Å². The van der Waals surface area contributed by atoms with Gasteiger partial charge in [-0.3, -0.25) is 15.2 Å². The van der Waals surface area contributed by atoms with Crippen molar-refractivity contribution in [2.45, 2.75) is 13.0 Å². The third kappa shape index (κ3) is 3.22. The normalized spacial score (nSPS) is 11.9. The number of hydrogen-bond donors (Lipinski definition) is 2. The third-order valence-corrected chi connectivity index (χ3v) is 3.47. The number of rotatable bonds is 5. The maximum absolute atomic E-state index is 14.2. The lowest BCUT2D eigenvalue weighted by Crippen LogP contribution is -2.15. The Morgan fingerprint density at radius 1 is 1.25 bits per heavy atom. The van der Waals surface area contributed by atoms with E-state index in [1.165, 1.54) is 12.1 Å². The van der Waals surface area contributed by atoms with E-state index in [9.17, 15) is 14.5 Å². The summed E-state index contributed by atoms with van der Waals surface area (Å²) >= 11 is 0. The van der Waals surface area contributed by atoms with Crippen molar-refractivity contribution in [3.8, 4) is 0 Å². The molecule has 0 aliphatic carbocycles. The van der Waals surface area contributed by atoms with Crippen LogP contribution in [-0.2, 0) is 0 Å². The third-order valence-electron chi connectivity index (χ3n) is 3.47. The number of aryl methyl sites for hydroxylation is 1. The Hall–Kier alpha value is -3.29. The highest BCUT2D eigenvalue weighted by atomic mass is 19.1. The predicted molar refractivity (Wildman–Crippen MR) is 86.1 cm³/mol. The zero-order chi connectivity index (χ0) is 17.1. The maximum atomic E-state index is 14.2. The molecule has 0 aliphatic heterocycles. The van der Waals surface area contributed by atoms with Crippen LogP contribution in [0.25, 0.3) is 0 Å². The summed E-state index contributed by atoms with van der Waals surface area (Å²) < 4.78 is 14.2. The van der Waals surface area contributed by atoms with Gasteiger partial charge < -0.3 is 5.32 Å². The summed E-state index contributed by atoms with van der Waals surface area (Å²) in [5.41, 5.74) is 0.675. The lowest BCUT2D eigenvalue weighted by atomic mass is 10.1. The topological polar surface area (TPSA) is 96.7 Å². The zero-order valence-corrected chi connectivity index (χ0v) is 12.7. The molecule has 8 heteroatoms. The Balaban J connectivity index is 1.97. The van der Waals surface area contributed by atoms with Crippen LogP contribution in [0.1, 0.15) is 23.3 Å². The number of nitro benzene ring substituents is 1. The molecule has 1 heterocycles. The highest BCUT2D eigenvalue weighted by molar-refractivity contribution is 5.52. The van der Waals surface area contributed by atoms with Gasteiger partial charge in [0.15, 0.2) is 11.6 Å². The zero-order valence-electron chi connectivity index (χ0n) is 12.7. The molecule has 3 rings (SSSR count). The molecular weight excluding hydrogens is 313 g/mol. The molecule has 0 amide bonds. The first kappa shape index (κ1) is 15.6. The Morgan fingerprint density at radius 2 is 2.00 bits per heavy atom. The van der Waals surface area contributed by atoms with E-state index in [4.69, 9.17) is 0 Å². The monoisotopic (exact) mass is 327 g/mol. The van der Waals surface area contributed by atoms with Crippen molar-refractivity contribution >= 4 is 11.4 Å². The van der Waals surface area contributed by atoms with Gasteiger partial charge in [-0.1, -0.05) is 30.3 Å². The highest BCUT2D eigenvalue weighted by Crippen LogP contribution is 2.27. The van der Waals surface area contributed by atoms with E-state index in [0.717, 1.165) is 11.6 Å². The second kappa shape index (κ2) is 6.45. The van der Waals surface area contributed by atoms with Crippen LogP contribution in [0.5, 0.6) is 0 Å². The molecule has 0 radical (unpaired) electrons. The number of nitrogens with zero attached hydrogens (tertiary/aromatic N) is 3. The number of halogens is 1. The summed E-state index contributed by atoms with van der Waals surface area (Å²) in [5, 5.41) is 20.6. The van der Waals surface area contributed by atoms with E-state index in [1.54, 1.807) is 6.92 Å². The molecule has 122 valence electrons. The molecule has 0 bridgehead atoms. The van der Waals surface area contributed by atoms with Gasteiger partial charge in [0.25, 0.3) is 5.69 Å². The van der Waals surface area contributed by atoms with Crippen LogP contribution in [-0.4, -0.2) is 20.1 Å². The minimum absolute atomic E-state index is 0.136. The van der Waals surface area contributed by atoms with Crippen LogP contribution in [0, 0.1) is 22.9 Å². The fourth-order valence-corrected chi connectivity index (χ4v) is 2.32. The van der Waals surface area contributed by atoms with Crippen LogP contribution in [0.4, 0.5) is 15.8 Å². The SMILES string of the molecule is Cc1nc(C(Nc2ccc([N+](=O)[O-])cc2F)c2ccccc2)n[nH]1. The van der Waals surface area contributed by atoms with Crippen LogP contribution in [0.15, 0.2) is 48.5 Å². The van der Waals surface area contributed by atoms with Crippen molar-refractivity contribution in [1.29, 1.82) is 0 Å². The number of hydrogen-bond acceptors (Lipinski definition) is 5. The van der Waals surface area contributed by atoms with Gasteiger partial charge in [0.1, 0.15) is 11.9 Å². The van der Waals surface area contributed by atoms with Gasteiger partial charge in [-0.2, -0.15) is 5.10 Å². The number of benzene rings is 2. The average molecular weight is 327 g/mol. The number of anilines is 1. The molecule has 2 N–H and O–H groups in total. The Morgan fingerprint density at radius 3 is 2.58 bits per heavy atom. The van der Waals surface area contributed by atoms with Crippen LogP contribution in [0.2, 0.25) is 0 Å². The fourth-order valence-electron chi connectivity index (χ4n) is 2.32. The number of aromatic amines is 1. The van der Waals surface area contributed by atoms with E-state index in [-0.39, 0.29) is 11.4 Å². The summed E-state index contributed by atoms with van der Waals surface area (Å²) in [6.45, 7) is 1.77. The van der Waals surface area contributed by atoms with Crippen molar-refractivity contribution in [3.05, 3.63) is 81.7 Å². The van der Waals surface area contributed by atoms with E-state index in [1.807, 2.05) is 30.3 Å². The van der Waals surface area contributed by atoms with Gasteiger partial charge in [0.2, 0.25) is 0 Å². The van der Waals surface area contributed by atoms with Gasteiger partial charge in [0, 0.05) is 6.07 Å². The number of H-pyrrole nitrogens is 1. The summed E-state index contributed by atoms with van der Waals surface area (Å²) in [4.78, 5) is 14.4. The summed E-state index contributed by atoms with van der Waals surface area (Å²) in [7, 11) is 0. The standard InChI is InChI=1S/C16H14FN5O2/c1-10-18-16(21-20-10)15(11-5-3-2-4-6-11)19-14-8-7-12(22(23)24)9-13(14)17/h2-9,15,19H,1H3,(H,18,20,21). The molecule has 0 spiro atoms. The molecule has 0 aliphatic rings. The van der Waals surface area contributed by atoms with Crippen LogP contribution >= 0.6 is 0 Å². The number of non-ortho nitro benzene ring substituents is 1. The minimum atomic E-state index is -0.711. The number of nitrogens with one attached hydrogen (secondary N) is 2. The first-order chi connectivity index (χ1) is 11.5. The highest BCUT2D eigenvalue weighted by Gasteiger charge is 2.20. The van der Waals surface area contributed by atoms with Gasteiger partial charge in [-0.25, -0.2) is 9.37 Å². The van der Waals surface area contributed by atoms with Gasteiger partial charge in [-0.05, 0) is 18.6 Å². The summed E-state index contributed by atoms with van der Waals surface area (Å²) in [5.74, 6) is 0.380. The average Bonchev–Trinajstić information content (AvgIpc) is 3.00.